The molecule has 4 amide bonds. The van der Waals surface area contributed by atoms with Gasteiger partial charge in [0.2, 0.25) is 17.7 Å². The third-order valence-corrected chi connectivity index (χ3v) is 9.61. The van der Waals surface area contributed by atoms with Gasteiger partial charge in [0.15, 0.2) is 0 Å². The van der Waals surface area contributed by atoms with E-state index >= 15 is 0 Å². The second-order valence-electron chi connectivity index (χ2n) is 13.0. The Balaban J connectivity index is 1.14. The minimum absolute atomic E-state index is 0.0132. The number of nitrogens with one attached hydrogen (secondary N) is 2. The lowest BCUT2D eigenvalue weighted by Gasteiger charge is -2.38. The minimum atomic E-state index is -0.565. The fourth-order valence-electron chi connectivity index (χ4n) is 7.00. The molecule has 4 aromatic rings. The van der Waals surface area contributed by atoms with Gasteiger partial charge in [-0.1, -0.05) is 30.3 Å². The van der Waals surface area contributed by atoms with Crippen molar-refractivity contribution in [2.75, 3.05) is 52.5 Å². The van der Waals surface area contributed by atoms with Gasteiger partial charge in [0.1, 0.15) is 35.4 Å². The number of imidazole rings is 1. The number of pyridine rings is 1. The molecule has 2 aromatic carbocycles. The van der Waals surface area contributed by atoms with Gasteiger partial charge in [0, 0.05) is 62.8 Å². The number of rotatable bonds is 2. The fourth-order valence-corrected chi connectivity index (χ4v) is 7.00. The number of hydrogen-bond donors (Lipinski definition) is 2. The molecule has 3 aliphatic heterocycles. The van der Waals surface area contributed by atoms with Crippen LogP contribution in [0.25, 0.3) is 10.9 Å². The van der Waals surface area contributed by atoms with Gasteiger partial charge in [-0.3, -0.25) is 19.2 Å². The van der Waals surface area contributed by atoms with Crippen LogP contribution in [0.2, 0.25) is 0 Å². The molecule has 266 valence electrons. The molecule has 1 fully saturated rings. The van der Waals surface area contributed by atoms with Crippen LogP contribution in [0.4, 0.5) is 4.39 Å². The number of carbonyl (C=O) groups is 4. The SMILES string of the molecule is O=C1CN(C(=O)c2ccc3cccc(F)c3n2)CCNC(=O)Cn2cnc3c2CCN(C(=O)C2CCOCC2)C3c2cccc(c2)OCCCN1. The molecular weight excluding hydrogens is 657 g/mol. The normalized spacial score (nSPS) is 19.5. The van der Waals surface area contributed by atoms with E-state index in [1.54, 1.807) is 29.1 Å². The van der Waals surface area contributed by atoms with Gasteiger partial charge in [-0.25, -0.2) is 14.4 Å². The van der Waals surface area contributed by atoms with Gasteiger partial charge in [-0.15, -0.1) is 0 Å². The predicted molar refractivity (Wildman–Crippen MR) is 183 cm³/mol. The van der Waals surface area contributed by atoms with E-state index in [0.29, 0.717) is 69.7 Å². The van der Waals surface area contributed by atoms with Crippen LogP contribution in [-0.4, -0.2) is 101 Å². The maximum Gasteiger partial charge on any atom is 0.273 e. The van der Waals surface area contributed by atoms with E-state index in [1.807, 2.05) is 29.2 Å². The summed E-state index contributed by atoms with van der Waals surface area (Å²) in [4.78, 5) is 66.0. The first kappa shape index (κ1) is 34.1. The van der Waals surface area contributed by atoms with Gasteiger partial charge in [-0.05, 0) is 49.1 Å². The van der Waals surface area contributed by atoms with Crippen LogP contribution in [-0.2, 0) is 32.1 Å². The Morgan fingerprint density at radius 3 is 2.57 bits per heavy atom. The molecule has 51 heavy (non-hydrogen) atoms. The van der Waals surface area contributed by atoms with Crippen LogP contribution in [0, 0.1) is 11.7 Å². The van der Waals surface area contributed by atoms with Crippen molar-refractivity contribution in [1.82, 2.24) is 35.0 Å². The quantitative estimate of drug-likeness (QED) is 0.325. The van der Waals surface area contributed by atoms with E-state index in [2.05, 4.69) is 15.6 Å². The summed E-state index contributed by atoms with van der Waals surface area (Å²) < 4.78 is 27.9. The number of hydrogen-bond acceptors (Lipinski definition) is 8. The second kappa shape index (κ2) is 15.3. The standard InChI is InChI=1S/C37H40FN7O6/c38-28-7-2-4-24-8-9-29(42-33(24)28)37(49)43-16-14-40-32(47)22-44-23-41-34-30(44)10-15-45(36(48)25-11-18-50-19-12-25)35(34)26-5-1-6-27(20-26)51-17-3-13-39-31(46)21-43/h1-2,4-9,20,23,25,35H,3,10-19,21-22H2,(H,39,46)(H,40,47). The summed E-state index contributed by atoms with van der Waals surface area (Å²) in [5.41, 5.74) is 2.50. The molecule has 6 bridgehead atoms. The summed E-state index contributed by atoms with van der Waals surface area (Å²) in [6.07, 6.45) is 4.00. The van der Waals surface area contributed by atoms with Crippen molar-refractivity contribution < 1.29 is 33.0 Å². The zero-order valence-electron chi connectivity index (χ0n) is 28.2. The van der Waals surface area contributed by atoms with Crippen LogP contribution in [0.1, 0.15) is 52.7 Å². The smallest absolute Gasteiger partial charge is 0.273 e. The van der Waals surface area contributed by atoms with Gasteiger partial charge in [-0.2, -0.15) is 0 Å². The highest BCUT2D eigenvalue weighted by atomic mass is 19.1. The number of fused-ring (bicyclic) bond motifs is 4. The zero-order chi connectivity index (χ0) is 35.3. The number of para-hydroxylation sites is 1. The van der Waals surface area contributed by atoms with Crippen molar-refractivity contribution in [2.45, 2.75) is 38.3 Å². The monoisotopic (exact) mass is 697 g/mol. The molecule has 5 heterocycles. The van der Waals surface area contributed by atoms with Crippen molar-refractivity contribution in [3.05, 3.63) is 89.4 Å². The van der Waals surface area contributed by atoms with Crippen LogP contribution < -0.4 is 15.4 Å². The lowest BCUT2D eigenvalue weighted by molar-refractivity contribution is -0.140. The van der Waals surface area contributed by atoms with Crippen molar-refractivity contribution in [1.29, 1.82) is 0 Å². The van der Waals surface area contributed by atoms with E-state index in [-0.39, 0.29) is 55.1 Å². The maximum atomic E-state index is 14.5. The van der Waals surface area contributed by atoms with Crippen molar-refractivity contribution in [3.8, 4) is 5.75 Å². The molecule has 0 aliphatic carbocycles. The summed E-state index contributed by atoms with van der Waals surface area (Å²) in [7, 11) is 0. The van der Waals surface area contributed by atoms with E-state index in [4.69, 9.17) is 14.5 Å². The summed E-state index contributed by atoms with van der Waals surface area (Å²) in [6.45, 7) is 1.97. The first-order chi connectivity index (χ1) is 24.9. The number of amides is 4. The molecule has 2 N–H and O–H groups in total. The Morgan fingerprint density at radius 2 is 1.71 bits per heavy atom. The molecule has 1 atom stereocenters. The van der Waals surface area contributed by atoms with E-state index in [0.717, 1.165) is 17.0 Å². The highest BCUT2D eigenvalue weighted by Crippen LogP contribution is 2.37. The molecule has 0 spiro atoms. The van der Waals surface area contributed by atoms with Crippen molar-refractivity contribution in [3.63, 3.8) is 0 Å². The third-order valence-electron chi connectivity index (χ3n) is 9.61. The number of benzene rings is 2. The molecule has 1 saturated heterocycles. The number of halogens is 1. The summed E-state index contributed by atoms with van der Waals surface area (Å²) in [6, 6.07) is 14.8. The average Bonchev–Trinajstić information content (AvgIpc) is 3.55. The molecular formula is C37H40FN7O6. The first-order valence-electron chi connectivity index (χ1n) is 17.4. The molecule has 2 aromatic heterocycles. The zero-order valence-corrected chi connectivity index (χ0v) is 28.2. The first-order valence-corrected chi connectivity index (χ1v) is 17.4. The van der Waals surface area contributed by atoms with Crippen molar-refractivity contribution >= 4 is 34.5 Å². The second-order valence-corrected chi connectivity index (χ2v) is 13.0. The van der Waals surface area contributed by atoms with Gasteiger partial charge < -0.3 is 34.5 Å². The van der Waals surface area contributed by atoms with Gasteiger partial charge in [0.05, 0.1) is 25.2 Å². The summed E-state index contributed by atoms with van der Waals surface area (Å²) in [5.74, 6) is -1.26. The number of nitrogens with zero attached hydrogens (tertiary/aromatic N) is 5. The minimum Gasteiger partial charge on any atom is -0.494 e. The van der Waals surface area contributed by atoms with E-state index < -0.39 is 23.7 Å². The predicted octanol–water partition coefficient (Wildman–Crippen LogP) is 2.63. The largest absolute Gasteiger partial charge is 0.494 e. The van der Waals surface area contributed by atoms with Crippen LogP contribution in [0.15, 0.2) is 60.9 Å². The fraction of sp³-hybridized carbons (Fsp3) is 0.405. The highest BCUT2D eigenvalue weighted by molar-refractivity contribution is 5.97. The Bertz CT molecular complexity index is 1940. The molecule has 1 unspecified atom stereocenters. The molecule has 3 aliphatic rings. The van der Waals surface area contributed by atoms with E-state index in [9.17, 15) is 23.6 Å². The molecule has 0 saturated carbocycles. The summed E-state index contributed by atoms with van der Waals surface area (Å²) in [5, 5.41) is 6.24. The van der Waals surface area contributed by atoms with Crippen molar-refractivity contribution in [2.24, 2.45) is 5.92 Å². The number of ether oxygens (including phenoxy) is 2. The maximum absolute atomic E-state index is 14.5. The third kappa shape index (κ3) is 7.55. The summed E-state index contributed by atoms with van der Waals surface area (Å²) >= 11 is 0. The van der Waals surface area contributed by atoms with Gasteiger partial charge >= 0.3 is 0 Å². The van der Waals surface area contributed by atoms with Crippen LogP contribution in [0.5, 0.6) is 5.75 Å². The Hall–Kier alpha value is -5.37. The average molecular weight is 698 g/mol. The molecule has 7 rings (SSSR count). The Kier molecular flexibility index (Phi) is 10.2. The Labute approximate surface area is 294 Å². The highest BCUT2D eigenvalue weighted by Gasteiger charge is 2.38. The lowest BCUT2D eigenvalue weighted by Crippen LogP contribution is -2.45. The molecule has 13 nitrogen and oxygen atoms in total. The Morgan fingerprint density at radius 1 is 0.902 bits per heavy atom. The van der Waals surface area contributed by atoms with Gasteiger partial charge in [0.25, 0.3) is 5.91 Å². The van der Waals surface area contributed by atoms with Crippen LogP contribution >= 0.6 is 0 Å². The van der Waals surface area contributed by atoms with Crippen LogP contribution in [0.3, 0.4) is 0 Å². The topological polar surface area (TPSA) is 148 Å². The lowest BCUT2D eigenvalue weighted by atomic mass is 9.91. The number of aromatic nitrogens is 3. The number of carbonyl (C=O) groups excluding carboxylic acids is 4. The molecule has 0 radical (unpaired) electrons. The molecule has 14 heteroatoms. The van der Waals surface area contributed by atoms with E-state index in [1.165, 1.54) is 17.0 Å².